The zero-order valence-electron chi connectivity index (χ0n) is 13.2. The van der Waals surface area contributed by atoms with Crippen LogP contribution >= 0.6 is 0 Å². The molecule has 1 saturated heterocycles. The molecule has 120 valence electrons. The number of aliphatic carboxylic acids is 1. The molecule has 4 heteroatoms. The SMILES string of the molecule is O=C(O)C1CC2CCCCC2N1Cc1ccc2ccccc2n1. The fourth-order valence-corrected chi connectivity index (χ4v) is 4.41. The van der Waals surface area contributed by atoms with Gasteiger partial charge in [-0.3, -0.25) is 14.7 Å². The smallest absolute Gasteiger partial charge is 0.320 e. The van der Waals surface area contributed by atoms with Crippen molar-refractivity contribution in [2.24, 2.45) is 5.92 Å². The van der Waals surface area contributed by atoms with Crippen LogP contribution in [-0.2, 0) is 11.3 Å². The van der Waals surface area contributed by atoms with Gasteiger partial charge in [0, 0.05) is 18.0 Å². The van der Waals surface area contributed by atoms with Crippen molar-refractivity contribution < 1.29 is 9.90 Å². The molecule has 3 unspecified atom stereocenters. The normalized spacial score (nSPS) is 27.9. The lowest BCUT2D eigenvalue weighted by molar-refractivity contribution is -0.142. The van der Waals surface area contributed by atoms with E-state index < -0.39 is 5.97 Å². The highest BCUT2D eigenvalue weighted by molar-refractivity contribution is 5.78. The first kappa shape index (κ1) is 14.6. The molecule has 2 fully saturated rings. The molecule has 0 radical (unpaired) electrons. The van der Waals surface area contributed by atoms with Crippen molar-refractivity contribution in [2.45, 2.75) is 50.7 Å². The molecule has 1 N–H and O–H groups in total. The molecular weight excluding hydrogens is 288 g/mol. The predicted octanol–water partition coefficient (Wildman–Crippen LogP) is 3.45. The van der Waals surface area contributed by atoms with Gasteiger partial charge in [-0.15, -0.1) is 0 Å². The number of para-hydroxylation sites is 1. The summed E-state index contributed by atoms with van der Waals surface area (Å²) < 4.78 is 0. The Balaban J connectivity index is 1.62. The summed E-state index contributed by atoms with van der Waals surface area (Å²) in [5, 5.41) is 10.7. The Labute approximate surface area is 136 Å². The van der Waals surface area contributed by atoms with Gasteiger partial charge in [0.2, 0.25) is 0 Å². The minimum atomic E-state index is -0.680. The summed E-state index contributed by atoms with van der Waals surface area (Å²) in [6, 6.07) is 12.3. The number of aromatic nitrogens is 1. The number of hydrogen-bond donors (Lipinski definition) is 1. The summed E-state index contributed by atoms with van der Waals surface area (Å²) >= 11 is 0. The lowest BCUT2D eigenvalue weighted by Crippen LogP contribution is -2.41. The van der Waals surface area contributed by atoms with Crippen LogP contribution in [0.3, 0.4) is 0 Å². The highest BCUT2D eigenvalue weighted by Gasteiger charge is 2.45. The maximum atomic E-state index is 11.7. The van der Waals surface area contributed by atoms with Crippen molar-refractivity contribution in [3.8, 4) is 0 Å². The van der Waals surface area contributed by atoms with Gasteiger partial charge in [-0.1, -0.05) is 37.1 Å². The van der Waals surface area contributed by atoms with Crippen LogP contribution < -0.4 is 0 Å². The van der Waals surface area contributed by atoms with E-state index in [1.165, 1.54) is 19.3 Å². The van der Waals surface area contributed by atoms with E-state index in [4.69, 9.17) is 4.98 Å². The summed E-state index contributed by atoms with van der Waals surface area (Å²) in [5.41, 5.74) is 1.96. The van der Waals surface area contributed by atoms with Crippen LogP contribution in [-0.4, -0.2) is 33.0 Å². The first-order valence-electron chi connectivity index (χ1n) is 8.55. The second kappa shape index (κ2) is 5.93. The maximum Gasteiger partial charge on any atom is 0.320 e. The van der Waals surface area contributed by atoms with Gasteiger partial charge in [0.15, 0.2) is 0 Å². The van der Waals surface area contributed by atoms with Crippen molar-refractivity contribution in [2.75, 3.05) is 0 Å². The number of rotatable bonds is 3. The predicted molar refractivity (Wildman–Crippen MR) is 89.1 cm³/mol. The Bertz CT molecular complexity index is 730. The first-order valence-corrected chi connectivity index (χ1v) is 8.55. The van der Waals surface area contributed by atoms with E-state index >= 15 is 0 Å². The quantitative estimate of drug-likeness (QED) is 0.943. The average Bonchev–Trinajstić information content (AvgIpc) is 2.94. The summed E-state index contributed by atoms with van der Waals surface area (Å²) in [7, 11) is 0. The molecule has 2 aliphatic rings. The number of hydrogen-bond acceptors (Lipinski definition) is 3. The minimum absolute atomic E-state index is 0.351. The summed E-state index contributed by atoms with van der Waals surface area (Å²) in [4.78, 5) is 18.6. The first-order chi connectivity index (χ1) is 11.2. The van der Waals surface area contributed by atoms with E-state index in [1.54, 1.807) is 0 Å². The Morgan fingerprint density at radius 3 is 2.87 bits per heavy atom. The van der Waals surface area contributed by atoms with Crippen LogP contribution in [0.1, 0.15) is 37.8 Å². The topological polar surface area (TPSA) is 53.4 Å². The third kappa shape index (κ3) is 2.72. The molecule has 4 rings (SSSR count). The zero-order chi connectivity index (χ0) is 15.8. The van der Waals surface area contributed by atoms with Gasteiger partial charge in [-0.25, -0.2) is 0 Å². The average molecular weight is 310 g/mol. The molecule has 2 heterocycles. The molecule has 0 spiro atoms. The zero-order valence-corrected chi connectivity index (χ0v) is 13.2. The Morgan fingerprint density at radius 2 is 2.00 bits per heavy atom. The van der Waals surface area contributed by atoms with Crippen molar-refractivity contribution in [1.29, 1.82) is 0 Å². The number of nitrogens with zero attached hydrogens (tertiary/aromatic N) is 2. The maximum absolute atomic E-state index is 11.7. The largest absolute Gasteiger partial charge is 0.480 e. The summed E-state index contributed by atoms with van der Waals surface area (Å²) in [5.74, 6) is -0.134. The van der Waals surface area contributed by atoms with Crippen LogP contribution in [0.25, 0.3) is 10.9 Å². The van der Waals surface area contributed by atoms with Crippen LogP contribution in [0.15, 0.2) is 36.4 Å². The summed E-state index contributed by atoms with van der Waals surface area (Å²) in [6.07, 6.45) is 5.57. The fraction of sp³-hybridized carbons (Fsp3) is 0.474. The van der Waals surface area contributed by atoms with Gasteiger partial charge in [-0.05, 0) is 37.3 Å². The fourth-order valence-electron chi connectivity index (χ4n) is 4.41. The van der Waals surface area contributed by atoms with E-state index in [-0.39, 0.29) is 6.04 Å². The van der Waals surface area contributed by atoms with Crippen LogP contribution in [0.4, 0.5) is 0 Å². The van der Waals surface area contributed by atoms with Crippen LogP contribution in [0, 0.1) is 5.92 Å². The van der Waals surface area contributed by atoms with Crippen molar-refractivity contribution >= 4 is 16.9 Å². The molecule has 1 saturated carbocycles. The molecule has 23 heavy (non-hydrogen) atoms. The standard InChI is InChI=1S/C19H22N2O2/c22-19(23)18-11-14-6-2-4-8-17(14)21(18)12-15-10-9-13-5-1-3-7-16(13)20-15/h1,3,5,7,9-10,14,17-18H,2,4,6,8,11-12H2,(H,22,23). The molecule has 1 aliphatic carbocycles. The second-order valence-electron chi connectivity index (χ2n) is 6.87. The Morgan fingerprint density at radius 1 is 1.17 bits per heavy atom. The van der Waals surface area contributed by atoms with Gasteiger partial charge in [0.05, 0.1) is 11.2 Å². The molecule has 3 atom stereocenters. The second-order valence-corrected chi connectivity index (χ2v) is 6.87. The van der Waals surface area contributed by atoms with Crippen LogP contribution in [0.2, 0.25) is 0 Å². The van der Waals surface area contributed by atoms with Crippen molar-refractivity contribution in [1.82, 2.24) is 9.88 Å². The van der Waals surface area contributed by atoms with Gasteiger partial charge >= 0.3 is 5.97 Å². The molecule has 1 aromatic heterocycles. The van der Waals surface area contributed by atoms with Crippen molar-refractivity contribution in [3.63, 3.8) is 0 Å². The monoisotopic (exact) mass is 310 g/mol. The third-order valence-corrected chi connectivity index (χ3v) is 5.51. The Hall–Kier alpha value is -1.94. The third-order valence-electron chi connectivity index (χ3n) is 5.51. The lowest BCUT2D eigenvalue weighted by Gasteiger charge is -2.32. The van der Waals surface area contributed by atoms with E-state index in [1.807, 2.05) is 24.3 Å². The van der Waals surface area contributed by atoms with Gasteiger partial charge in [0.1, 0.15) is 6.04 Å². The molecule has 0 amide bonds. The molecule has 4 nitrogen and oxygen atoms in total. The number of carbonyl (C=O) groups is 1. The van der Waals surface area contributed by atoms with E-state index in [9.17, 15) is 9.90 Å². The highest BCUT2D eigenvalue weighted by atomic mass is 16.4. The van der Waals surface area contributed by atoms with E-state index in [0.717, 1.165) is 29.4 Å². The van der Waals surface area contributed by atoms with Gasteiger partial charge < -0.3 is 5.11 Å². The highest BCUT2D eigenvalue weighted by Crippen LogP contribution is 2.40. The number of fused-ring (bicyclic) bond motifs is 2. The van der Waals surface area contributed by atoms with E-state index in [0.29, 0.717) is 18.5 Å². The number of carboxylic acids is 1. The number of carboxylic acid groups (broad SMARTS) is 1. The van der Waals surface area contributed by atoms with Crippen LogP contribution in [0.5, 0.6) is 0 Å². The molecule has 2 aromatic rings. The van der Waals surface area contributed by atoms with Crippen molar-refractivity contribution in [3.05, 3.63) is 42.1 Å². The molecule has 1 aliphatic heterocycles. The number of pyridine rings is 1. The molecule has 0 bridgehead atoms. The van der Waals surface area contributed by atoms with E-state index in [2.05, 4.69) is 17.0 Å². The molecule has 1 aromatic carbocycles. The molecular formula is C19H22N2O2. The summed E-state index contributed by atoms with van der Waals surface area (Å²) in [6.45, 7) is 0.642. The number of benzene rings is 1. The Kier molecular flexibility index (Phi) is 3.77. The van der Waals surface area contributed by atoms with Gasteiger partial charge in [0.25, 0.3) is 0 Å². The lowest BCUT2D eigenvalue weighted by atomic mass is 9.85. The minimum Gasteiger partial charge on any atom is -0.480 e. The number of likely N-dealkylation sites (tertiary alicyclic amines) is 1. The van der Waals surface area contributed by atoms with Gasteiger partial charge in [-0.2, -0.15) is 0 Å².